The van der Waals surface area contributed by atoms with Crippen LogP contribution in [0.5, 0.6) is 0 Å². The van der Waals surface area contributed by atoms with E-state index in [-0.39, 0.29) is 5.69 Å². The van der Waals surface area contributed by atoms with Crippen molar-refractivity contribution in [3.63, 3.8) is 0 Å². The van der Waals surface area contributed by atoms with Crippen molar-refractivity contribution in [2.45, 2.75) is 6.54 Å². The summed E-state index contributed by atoms with van der Waals surface area (Å²) in [7, 11) is 0. The molecule has 5 heteroatoms. The quantitative estimate of drug-likeness (QED) is 0.691. The van der Waals surface area contributed by atoms with E-state index in [1.807, 2.05) is 30.3 Å². The van der Waals surface area contributed by atoms with E-state index in [4.69, 9.17) is 0 Å². The maximum atomic E-state index is 14.0. The third-order valence-electron chi connectivity index (χ3n) is 3.18. The predicted molar refractivity (Wildman–Crippen MR) is 76.3 cm³/mol. The summed E-state index contributed by atoms with van der Waals surface area (Å²) in [6.45, 7) is 0.422. The summed E-state index contributed by atoms with van der Waals surface area (Å²) in [5.41, 5.74) is 1.85. The minimum atomic E-state index is -0.405. The third-order valence-corrected chi connectivity index (χ3v) is 3.18. The van der Waals surface area contributed by atoms with Crippen molar-refractivity contribution in [1.82, 2.24) is 15.0 Å². The number of nitrogens with zero attached hydrogens (tertiary/aromatic N) is 3. The molecule has 1 heterocycles. The van der Waals surface area contributed by atoms with Gasteiger partial charge in [-0.25, -0.2) is 9.07 Å². The molecule has 0 amide bonds. The lowest BCUT2D eigenvalue weighted by Crippen LogP contribution is -2.05. The van der Waals surface area contributed by atoms with Crippen LogP contribution in [0.3, 0.4) is 0 Å². The first-order valence-corrected chi connectivity index (χ1v) is 6.47. The van der Waals surface area contributed by atoms with Gasteiger partial charge in [0.1, 0.15) is 11.5 Å². The van der Waals surface area contributed by atoms with Crippen LogP contribution in [0, 0.1) is 5.82 Å². The molecule has 0 bridgehead atoms. The van der Waals surface area contributed by atoms with E-state index in [1.165, 1.54) is 10.7 Å². The summed E-state index contributed by atoms with van der Waals surface area (Å²) in [6.07, 6.45) is 0.594. The standard InChI is InChI=1S/C16H12FN3O/c17-14-9-5-4-8-13(14)16-15(11-21)18-19-20(16)10-12-6-2-1-3-7-12/h1-9,11H,10H2. The SMILES string of the molecule is O=Cc1nnn(Cc2ccccc2)c1-c1ccccc1F. The molecule has 0 aliphatic rings. The van der Waals surface area contributed by atoms with Crippen molar-refractivity contribution in [2.24, 2.45) is 0 Å². The van der Waals surface area contributed by atoms with Crippen molar-refractivity contribution in [2.75, 3.05) is 0 Å². The first-order chi connectivity index (χ1) is 10.3. The molecule has 0 saturated carbocycles. The molecule has 0 saturated heterocycles. The fourth-order valence-corrected chi connectivity index (χ4v) is 2.20. The van der Waals surface area contributed by atoms with Gasteiger partial charge in [0.15, 0.2) is 12.0 Å². The highest BCUT2D eigenvalue weighted by molar-refractivity contribution is 5.83. The summed E-state index contributed by atoms with van der Waals surface area (Å²) in [6, 6.07) is 15.9. The zero-order valence-corrected chi connectivity index (χ0v) is 11.1. The van der Waals surface area contributed by atoms with E-state index in [1.54, 1.807) is 18.2 Å². The van der Waals surface area contributed by atoms with Gasteiger partial charge in [0, 0.05) is 5.56 Å². The van der Waals surface area contributed by atoms with E-state index < -0.39 is 5.82 Å². The van der Waals surface area contributed by atoms with Gasteiger partial charge < -0.3 is 0 Å². The number of halogens is 1. The molecule has 21 heavy (non-hydrogen) atoms. The fraction of sp³-hybridized carbons (Fsp3) is 0.0625. The van der Waals surface area contributed by atoms with Crippen molar-refractivity contribution in [1.29, 1.82) is 0 Å². The Morgan fingerprint density at radius 3 is 2.48 bits per heavy atom. The topological polar surface area (TPSA) is 47.8 Å². The summed E-state index contributed by atoms with van der Waals surface area (Å²) < 4.78 is 15.5. The number of hydrogen-bond acceptors (Lipinski definition) is 3. The molecule has 0 atom stereocenters. The Hall–Kier alpha value is -2.82. The van der Waals surface area contributed by atoms with Gasteiger partial charge >= 0.3 is 0 Å². The lowest BCUT2D eigenvalue weighted by molar-refractivity contribution is 0.111. The first kappa shape index (κ1) is 13.2. The molecule has 1 aromatic heterocycles. The Kier molecular flexibility index (Phi) is 3.55. The zero-order chi connectivity index (χ0) is 14.7. The maximum absolute atomic E-state index is 14.0. The molecule has 104 valence electrons. The Bertz CT molecular complexity index is 768. The van der Waals surface area contributed by atoms with Crippen LogP contribution >= 0.6 is 0 Å². The monoisotopic (exact) mass is 281 g/mol. The molecule has 0 unspecified atom stereocenters. The second-order valence-corrected chi connectivity index (χ2v) is 4.56. The number of benzene rings is 2. The molecule has 0 N–H and O–H groups in total. The van der Waals surface area contributed by atoms with Crippen molar-refractivity contribution < 1.29 is 9.18 Å². The Morgan fingerprint density at radius 1 is 1.05 bits per heavy atom. The highest BCUT2D eigenvalue weighted by Gasteiger charge is 2.17. The van der Waals surface area contributed by atoms with E-state index in [9.17, 15) is 9.18 Å². The van der Waals surface area contributed by atoms with Crippen LogP contribution in [0.15, 0.2) is 54.6 Å². The predicted octanol–water partition coefficient (Wildman–Crippen LogP) is 2.95. The van der Waals surface area contributed by atoms with Gasteiger partial charge in [-0.15, -0.1) is 5.10 Å². The minimum absolute atomic E-state index is 0.135. The van der Waals surface area contributed by atoms with Gasteiger partial charge in [-0.1, -0.05) is 47.7 Å². The summed E-state index contributed by atoms with van der Waals surface area (Å²) in [5.74, 6) is -0.405. The summed E-state index contributed by atoms with van der Waals surface area (Å²) in [4.78, 5) is 11.1. The van der Waals surface area contributed by atoms with Gasteiger partial charge in [0.2, 0.25) is 0 Å². The first-order valence-electron chi connectivity index (χ1n) is 6.47. The molecule has 4 nitrogen and oxygen atoms in total. The third kappa shape index (κ3) is 2.58. The lowest BCUT2D eigenvalue weighted by Gasteiger charge is -2.08. The van der Waals surface area contributed by atoms with Crippen LogP contribution in [-0.2, 0) is 6.54 Å². The average Bonchev–Trinajstić information content (AvgIpc) is 2.91. The number of carbonyl (C=O) groups is 1. The Labute approximate surface area is 120 Å². The van der Waals surface area contributed by atoms with Crippen molar-refractivity contribution in [3.05, 3.63) is 71.7 Å². The van der Waals surface area contributed by atoms with E-state index in [2.05, 4.69) is 10.3 Å². The molecule has 2 aromatic carbocycles. The van der Waals surface area contributed by atoms with Crippen molar-refractivity contribution in [3.8, 4) is 11.3 Å². The molecule has 0 radical (unpaired) electrons. The minimum Gasteiger partial charge on any atom is -0.296 e. The Morgan fingerprint density at radius 2 is 1.76 bits per heavy atom. The highest BCUT2D eigenvalue weighted by Crippen LogP contribution is 2.24. The van der Waals surface area contributed by atoms with Gasteiger partial charge in [-0.2, -0.15) is 0 Å². The molecule has 3 aromatic rings. The second-order valence-electron chi connectivity index (χ2n) is 4.56. The number of rotatable bonds is 4. The molecular weight excluding hydrogens is 269 g/mol. The second kappa shape index (κ2) is 5.66. The normalized spacial score (nSPS) is 10.5. The molecule has 3 rings (SSSR count). The van der Waals surface area contributed by atoms with Crippen molar-refractivity contribution >= 4 is 6.29 Å². The van der Waals surface area contributed by atoms with Crippen LogP contribution in [0.4, 0.5) is 4.39 Å². The smallest absolute Gasteiger partial charge is 0.172 e. The van der Waals surface area contributed by atoms with Gasteiger partial charge in [-0.3, -0.25) is 4.79 Å². The van der Waals surface area contributed by atoms with Gasteiger partial charge in [0.05, 0.1) is 6.54 Å². The molecule has 0 aliphatic carbocycles. The molecule has 0 spiro atoms. The van der Waals surface area contributed by atoms with Crippen LogP contribution in [0.1, 0.15) is 16.1 Å². The van der Waals surface area contributed by atoms with E-state index in [0.717, 1.165) is 5.56 Å². The molecule has 0 aliphatic heterocycles. The molecular formula is C16H12FN3O. The van der Waals surface area contributed by atoms with Crippen LogP contribution < -0.4 is 0 Å². The number of hydrogen-bond donors (Lipinski definition) is 0. The Balaban J connectivity index is 2.09. The van der Waals surface area contributed by atoms with E-state index >= 15 is 0 Å². The highest BCUT2D eigenvalue weighted by atomic mass is 19.1. The number of aromatic nitrogens is 3. The van der Waals surface area contributed by atoms with Crippen LogP contribution in [-0.4, -0.2) is 21.3 Å². The van der Waals surface area contributed by atoms with E-state index in [0.29, 0.717) is 24.1 Å². The summed E-state index contributed by atoms with van der Waals surface area (Å²) >= 11 is 0. The maximum Gasteiger partial charge on any atom is 0.172 e. The van der Waals surface area contributed by atoms with Gasteiger partial charge in [0.25, 0.3) is 0 Å². The number of aldehydes is 1. The number of carbonyl (C=O) groups excluding carboxylic acids is 1. The van der Waals surface area contributed by atoms with Crippen LogP contribution in [0.2, 0.25) is 0 Å². The zero-order valence-electron chi connectivity index (χ0n) is 11.1. The lowest BCUT2D eigenvalue weighted by atomic mass is 10.1. The average molecular weight is 281 g/mol. The fourth-order valence-electron chi connectivity index (χ4n) is 2.20. The molecule has 0 fully saturated rings. The summed E-state index contributed by atoms with van der Waals surface area (Å²) in [5, 5.41) is 7.80. The van der Waals surface area contributed by atoms with Gasteiger partial charge in [-0.05, 0) is 17.7 Å². The van der Waals surface area contributed by atoms with Crippen LogP contribution in [0.25, 0.3) is 11.3 Å². The largest absolute Gasteiger partial charge is 0.296 e.